The second-order valence-electron chi connectivity index (χ2n) is 17.9. The zero-order chi connectivity index (χ0) is 47.7. The zero-order valence-electron chi connectivity index (χ0n) is 38.5. The van der Waals surface area contributed by atoms with Gasteiger partial charge in [0.1, 0.15) is 12.1 Å². The molecule has 2 aromatic carbocycles. The molecule has 3 N–H and O–H groups in total. The van der Waals surface area contributed by atoms with Crippen LogP contribution < -0.4 is 21.1 Å². The van der Waals surface area contributed by atoms with Crippen LogP contribution in [0.25, 0.3) is 10.8 Å². The van der Waals surface area contributed by atoms with E-state index in [2.05, 4.69) is 50.2 Å². The van der Waals surface area contributed by atoms with E-state index in [0.29, 0.717) is 112 Å². The van der Waals surface area contributed by atoms with Crippen molar-refractivity contribution in [1.29, 1.82) is 0 Å². The van der Waals surface area contributed by atoms with Crippen molar-refractivity contribution in [2.45, 2.75) is 25.8 Å². The van der Waals surface area contributed by atoms with Gasteiger partial charge in [0, 0.05) is 83.5 Å². The monoisotopic (exact) mass is 942 g/mol. The van der Waals surface area contributed by atoms with Gasteiger partial charge < -0.3 is 35.0 Å². The molecule has 4 saturated heterocycles. The Hall–Kier alpha value is -7.03. The standard InChI is InChI=1S/C49H56FN13O6/c50-41-6-5-35(26-42-38-3-1-2-4-39(38)47(66)57-56-42)25-40(41)48(67)63-19-17-61(18-20-63)45(65)32-59-15-13-58(14-16-59)31-34-8-11-62(12-9-34)49(68)46-43(27-37(29-53-46)60-21-23-69-24-22-60)55-44(64)30-52-28-36-7-10-51-33-54-36/h1-7,10,25,27,29,32-34,52H,8-9,11-24,26,28,30-31H2,(H-,55,57,64,66,68)/p+1. The number of anilines is 2. The van der Waals surface area contributed by atoms with Gasteiger partial charge in [0.2, 0.25) is 12.1 Å². The van der Waals surface area contributed by atoms with E-state index >= 15 is 4.39 Å². The van der Waals surface area contributed by atoms with Crippen molar-refractivity contribution >= 4 is 52.0 Å². The molecule has 0 saturated carbocycles. The molecule has 0 aliphatic carbocycles. The lowest BCUT2D eigenvalue weighted by atomic mass is 9.95. The predicted octanol–water partition coefficient (Wildman–Crippen LogP) is 1.64. The molecule has 0 radical (unpaired) electrons. The molecule has 7 heterocycles. The smallest absolute Gasteiger partial charge is 0.310 e. The Balaban J connectivity index is 0.723. The Morgan fingerprint density at radius 1 is 0.841 bits per heavy atom. The molecule has 5 aromatic rings. The number of hydrogen-bond donors (Lipinski definition) is 3. The first-order valence-electron chi connectivity index (χ1n) is 23.7. The molecule has 0 atom stereocenters. The molecule has 4 aliphatic rings. The van der Waals surface area contributed by atoms with Crippen molar-refractivity contribution in [3.05, 3.63) is 118 Å². The van der Waals surface area contributed by atoms with Gasteiger partial charge in [0.05, 0.1) is 72.8 Å². The summed E-state index contributed by atoms with van der Waals surface area (Å²) in [6.45, 7) is 9.31. The molecule has 4 amide bonds. The van der Waals surface area contributed by atoms with Crippen LogP contribution in [-0.2, 0) is 27.3 Å². The summed E-state index contributed by atoms with van der Waals surface area (Å²) in [5, 5.41) is 14.0. The fourth-order valence-electron chi connectivity index (χ4n) is 9.43. The van der Waals surface area contributed by atoms with Crippen LogP contribution in [0, 0.1) is 11.7 Å². The number of aromatic nitrogens is 5. The van der Waals surface area contributed by atoms with E-state index in [1.54, 1.807) is 58.7 Å². The largest absolute Gasteiger partial charge is 0.378 e. The van der Waals surface area contributed by atoms with Crippen molar-refractivity contribution in [3.63, 3.8) is 0 Å². The van der Waals surface area contributed by atoms with Crippen molar-refractivity contribution < 1.29 is 32.9 Å². The molecule has 4 aliphatic heterocycles. The van der Waals surface area contributed by atoms with E-state index in [9.17, 15) is 24.0 Å². The van der Waals surface area contributed by atoms with Gasteiger partial charge in [0.25, 0.3) is 17.4 Å². The second kappa shape index (κ2) is 21.9. The minimum atomic E-state index is -0.619. The number of piperazine rings is 2. The van der Waals surface area contributed by atoms with Crippen LogP contribution in [0.3, 0.4) is 0 Å². The number of rotatable bonds is 13. The maximum Gasteiger partial charge on any atom is 0.310 e. The number of amides is 4. The molecule has 0 unspecified atom stereocenters. The lowest BCUT2D eigenvalue weighted by Gasteiger charge is -2.36. The van der Waals surface area contributed by atoms with E-state index in [1.165, 1.54) is 12.4 Å². The number of piperidine rings is 1. The Morgan fingerprint density at radius 3 is 2.33 bits per heavy atom. The SMILES string of the molecule is O=C(CNCc1ccncn1)Nc1cc(N2CCOCC2)cnc1C(=O)N1CCC(CN2CC[N+](=CC(=O)N3CCN(C(=O)c4cc(Cc5n[nH]c(=O)c6ccccc56)ccc4F)CC3)CC2)CC1. The lowest BCUT2D eigenvalue weighted by Crippen LogP contribution is -2.52. The lowest BCUT2D eigenvalue weighted by molar-refractivity contribution is -0.534. The van der Waals surface area contributed by atoms with Crippen LogP contribution in [0.1, 0.15) is 50.6 Å². The van der Waals surface area contributed by atoms with Crippen LogP contribution in [0.5, 0.6) is 0 Å². The number of ether oxygens (including phenoxy) is 1. The number of hydrogen-bond acceptors (Lipinski definition) is 13. The fraction of sp³-hybridized carbons (Fsp3) is 0.429. The molecule has 3 aromatic heterocycles. The number of nitrogens with one attached hydrogen (secondary N) is 3. The summed E-state index contributed by atoms with van der Waals surface area (Å²) in [5.41, 5.74) is 3.15. The van der Waals surface area contributed by atoms with Crippen molar-refractivity contribution in [2.75, 3.05) is 115 Å². The summed E-state index contributed by atoms with van der Waals surface area (Å²) in [5.74, 6) is -1.25. The number of aromatic amines is 1. The Morgan fingerprint density at radius 2 is 1.58 bits per heavy atom. The summed E-state index contributed by atoms with van der Waals surface area (Å²) >= 11 is 0. The summed E-state index contributed by atoms with van der Waals surface area (Å²) in [6.07, 6.45) is 8.46. The van der Waals surface area contributed by atoms with Crippen LogP contribution >= 0.6 is 0 Å². The number of nitrogens with zero attached hydrogens (tertiary/aromatic N) is 10. The number of H-pyrrole nitrogens is 1. The van der Waals surface area contributed by atoms with Crippen LogP contribution in [0.15, 0.2) is 78.1 Å². The van der Waals surface area contributed by atoms with Gasteiger partial charge in [-0.1, -0.05) is 24.3 Å². The van der Waals surface area contributed by atoms with E-state index in [0.717, 1.165) is 43.9 Å². The molecule has 19 nitrogen and oxygen atoms in total. The first-order chi connectivity index (χ1) is 33.6. The third kappa shape index (κ3) is 11.6. The van der Waals surface area contributed by atoms with Crippen LogP contribution in [-0.4, -0.2) is 184 Å². The molecular weight excluding hydrogens is 886 g/mol. The van der Waals surface area contributed by atoms with Crippen molar-refractivity contribution in [1.82, 2.24) is 50.1 Å². The van der Waals surface area contributed by atoms with Crippen molar-refractivity contribution in [2.24, 2.45) is 5.92 Å². The third-order valence-electron chi connectivity index (χ3n) is 13.4. The highest BCUT2D eigenvalue weighted by molar-refractivity contribution is 6.24. The maximum atomic E-state index is 15.1. The first kappa shape index (κ1) is 47.1. The molecular formula is C49H57FN13O6+. The van der Waals surface area contributed by atoms with E-state index in [4.69, 9.17) is 4.74 Å². The minimum Gasteiger partial charge on any atom is -0.378 e. The molecule has 0 spiro atoms. The van der Waals surface area contributed by atoms with E-state index in [-0.39, 0.29) is 54.2 Å². The molecule has 9 rings (SSSR count). The number of benzene rings is 2. The summed E-state index contributed by atoms with van der Waals surface area (Å²) in [7, 11) is 0. The fourth-order valence-corrected chi connectivity index (χ4v) is 9.43. The van der Waals surface area contributed by atoms with Gasteiger partial charge >= 0.3 is 5.91 Å². The number of morpholine rings is 1. The van der Waals surface area contributed by atoms with Gasteiger partial charge in [0.15, 0.2) is 18.8 Å². The number of pyridine rings is 1. The van der Waals surface area contributed by atoms with Crippen LogP contribution in [0.4, 0.5) is 15.8 Å². The second-order valence-corrected chi connectivity index (χ2v) is 17.9. The highest BCUT2D eigenvalue weighted by atomic mass is 19.1. The maximum absolute atomic E-state index is 15.1. The zero-order valence-corrected chi connectivity index (χ0v) is 38.5. The number of halogens is 1. The quantitative estimate of drug-likeness (QED) is 0.144. The number of fused-ring (bicyclic) bond motifs is 1. The van der Waals surface area contributed by atoms with E-state index in [1.807, 2.05) is 23.1 Å². The number of carbonyl (C=O) groups excluding carboxylic acids is 4. The first-order valence-corrected chi connectivity index (χ1v) is 23.7. The van der Waals surface area contributed by atoms with Gasteiger partial charge in [-0.3, -0.25) is 28.9 Å². The molecule has 4 fully saturated rings. The number of likely N-dealkylation sites (tertiary alicyclic amines) is 1. The minimum absolute atomic E-state index is 0.0239. The highest BCUT2D eigenvalue weighted by Gasteiger charge is 2.31. The Bertz CT molecular complexity index is 2740. The third-order valence-corrected chi connectivity index (χ3v) is 13.4. The number of carbonyl (C=O) groups is 4. The van der Waals surface area contributed by atoms with Crippen LogP contribution in [0.2, 0.25) is 0 Å². The average Bonchev–Trinajstić information content (AvgIpc) is 3.39. The van der Waals surface area contributed by atoms with Gasteiger partial charge in [-0.15, -0.1) is 0 Å². The predicted molar refractivity (Wildman–Crippen MR) is 255 cm³/mol. The molecule has 20 heteroatoms. The topological polar surface area (TPSA) is 205 Å². The Labute approximate surface area is 398 Å². The van der Waals surface area contributed by atoms with Crippen molar-refractivity contribution in [3.8, 4) is 0 Å². The summed E-state index contributed by atoms with van der Waals surface area (Å²) < 4.78 is 22.7. The molecule has 360 valence electrons. The normalized spacial score (nSPS) is 17.3. The van der Waals surface area contributed by atoms with Gasteiger partial charge in [-0.2, -0.15) is 5.10 Å². The van der Waals surface area contributed by atoms with Gasteiger partial charge in [-0.25, -0.2) is 29.0 Å². The summed E-state index contributed by atoms with van der Waals surface area (Å²) in [6, 6.07) is 15.2. The molecule has 0 bridgehead atoms. The van der Waals surface area contributed by atoms with E-state index < -0.39 is 11.7 Å². The highest BCUT2D eigenvalue weighted by Crippen LogP contribution is 2.27. The average molecular weight is 943 g/mol. The Kier molecular flexibility index (Phi) is 15.0. The summed E-state index contributed by atoms with van der Waals surface area (Å²) in [4.78, 5) is 88.8. The molecule has 69 heavy (non-hydrogen) atoms. The van der Waals surface area contributed by atoms with Gasteiger partial charge in [-0.05, 0) is 54.7 Å².